The molecule has 0 amide bonds. The average Bonchev–Trinajstić information content (AvgIpc) is 2.33. The Bertz CT molecular complexity index is 422. The number of Topliss-reactive ketones (excluding diaryl/α,β-unsaturated/α-hetero) is 1. The predicted molar refractivity (Wildman–Crippen MR) is 67.7 cm³/mol. The molecule has 0 aliphatic heterocycles. The highest BCUT2D eigenvalue weighted by molar-refractivity contribution is 5.99. The molecule has 0 heterocycles. The van der Waals surface area contributed by atoms with Crippen LogP contribution in [0.1, 0.15) is 54.6 Å². The Kier molecular flexibility index (Phi) is 4.55. The molecular formula is C14H20O3. The van der Waals surface area contributed by atoms with E-state index in [0.717, 1.165) is 12.8 Å². The van der Waals surface area contributed by atoms with Crippen molar-refractivity contribution in [3.63, 3.8) is 0 Å². The molecule has 1 aromatic rings. The SMILES string of the molecule is CCCCC(=O)c1cc(CC)c(O)c(C)c1O. The molecule has 0 unspecified atom stereocenters. The number of phenolic OH excluding ortho intramolecular Hbond substituents is 2. The van der Waals surface area contributed by atoms with Crippen molar-refractivity contribution >= 4 is 5.78 Å². The van der Waals surface area contributed by atoms with Crippen LogP contribution < -0.4 is 0 Å². The summed E-state index contributed by atoms with van der Waals surface area (Å²) in [6.07, 6.45) is 2.85. The molecule has 0 spiro atoms. The van der Waals surface area contributed by atoms with E-state index in [4.69, 9.17) is 0 Å². The maximum Gasteiger partial charge on any atom is 0.166 e. The molecule has 0 aliphatic rings. The molecule has 0 radical (unpaired) electrons. The van der Waals surface area contributed by atoms with Crippen molar-refractivity contribution in [3.05, 3.63) is 22.8 Å². The van der Waals surface area contributed by atoms with E-state index in [2.05, 4.69) is 0 Å². The second-order valence-corrected chi connectivity index (χ2v) is 4.29. The van der Waals surface area contributed by atoms with Crippen molar-refractivity contribution in [3.8, 4) is 11.5 Å². The molecule has 0 saturated heterocycles. The van der Waals surface area contributed by atoms with Gasteiger partial charge in [-0.2, -0.15) is 0 Å². The highest BCUT2D eigenvalue weighted by Crippen LogP contribution is 2.34. The van der Waals surface area contributed by atoms with Gasteiger partial charge in [-0.3, -0.25) is 4.79 Å². The zero-order valence-corrected chi connectivity index (χ0v) is 10.7. The third-order valence-electron chi connectivity index (χ3n) is 3.03. The molecule has 0 aromatic heterocycles. The summed E-state index contributed by atoms with van der Waals surface area (Å²) in [7, 11) is 0. The third kappa shape index (κ3) is 2.78. The summed E-state index contributed by atoms with van der Waals surface area (Å²) in [6.45, 7) is 5.55. The van der Waals surface area contributed by atoms with Gasteiger partial charge in [0.1, 0.15) is 11.5 Å². The van der Waals surface area contributed by atoms with E-state index in [0.29, 0.717) is 29.5 Å². The first-order valence-corrected chi connectivity index (χ1v) is 6.10. The highest BCUT2D eigenvalue weighted by Gasteiger charge is 2.17. The lowest BCUT2D eigenvalue weighted by atomic mass is 9.97. The maximum absolute atomic E-state index is 11.9. The molecule has 17 heavy (non-hydrogen) atoms. The fraction of sp³-hybridized carbons (Fsp3) is 0.500. The number of carbonyl (C=O) groups is 1. The quantitative estimate of drug-likeness (QED) is 0.771. The Morgan fingerprint density at radius 2 is 1.88 bits per heavy atom. The van der Waals surface area contributed by atoms with Gasteiger partial charge in [-0.05, 0) is 31.4 Å². The number of unbranched alkanes of at least 4 members (excludes halogenated alkanes) is 1. The van der Waals surface area contributed by atoms with E-state index in [1.807, 2.05) is 13.8 Å². The van der Waals surface area contributed by atoms with E-state index < -0.39 is 0 Å². The van der Waals surface area contributed by atoms with E-state index in [1.165, 1.54) is 0 Å². The predicted octanol–water partition coefficient (Wildman–Crippen LogP) is 3.34. The first kappa shape index (κ1) is 13.6. The largest absolute Gasteiger partial charge is 0.507 e. The van der Waals surface area contributed by atoms with Gasteiger partial charge in [-0.1, -0.05) is 20.3 Å². The summed E-state index contributed by atoms with van der Waals surface area (Å²) >= 11 is 0. The minimum atomic E-state index is -0.0826. The second-order valence-electron chi connectivity index (χ2n) is 4.29. The van der Waals surface area contributed by atoms with Crippen molar-refractivity contribution in [2.24, 2.45) is 0 Å². The van der Waals surface area contributed by atoms with E-state index >= 15 is 0 Å². The number of rotatable bonds is 5. The smallest absolute Gasteiger partial charge is 0.166 e. The molecule has 0 aliphatic carbocycles. The van der Waals surface area contributed by atoms with Crippen LogP contribution in [0.25, 0.3) is 0 Å². The van der Waals surface area contributed by atoms with Crippen LogP contribution >= 0.6 is 0 Å². The van der Waals surface area contributed by atoms with Crippen LogP contribution in [0.4, 0.5) is 0 Å². The molecule has 0 bridgehead atoms. The van der Waals surface area contributed by atoms with Crippen LogP contribution in [0.15, 0.2) is 6.07 Å². The Labute approximate surface area is 102 Å². The topological polar surface area (TPSA) is 57.5 Å². The van der Waals surface area contributed by atoms with Gasteiger partial charge < -0.3 is 10.2 Å². The minimum Gasteiger partial charge on any atom is -0.507 e. The fourth-order valence-electron chi connectivity index (χ4n) is 1.82. The summed E-state index contributed by atoms with van der Waals surface area (Å²) in [5.74, 6) is -0.0417. The molecule has 1 rings (SSSR count). The molecule has 1 aromatic carbocycles. The second kappa shape index (κ2) is 5.71. The third-order valence-corrected chi connectivity index (χ3v) is 3.03. The van der Waals surface area contributed by atoms with Crippen LogP contribution in [0.3, 0.4) is 0 Å². The summed E-state index contributed by atoms with van der Waals surface area (Å²) in [5.41, 5.74) is 1.44. The maximum atomic E-state index is 11.9. The Morgan fingerprint density at radius 3 is 2.41 bits per heavy atom. The minimum absolute atomic E-state index is 0.0536. The lowest BCUT2D eigenvalue weighted by molar-refractivity contribution is 0.0977. The van der Waals surface area contributed by atoms with Crippen molar-refractivity contribution in [2.75, 3.05) is 0 Å². The van der Waals surface area contributed by atoms with Crippen LogP contribution in [-0.4, -0.2) is 16.0 Å². The van der Waals surface area contributed by atoms with E-state index in [-0.39, 0.29) is 17.3 Å². The average molecular weight is 236 g/mol. The molecule has 94 valence electrons. The Morgan fingerprint density at radius 1 is 1.24 bits per heavy atom. The van der Waals surface area contributed by atoms with Gasteiger partial charge in [0.15, 0.2) is 5.78 Å². The monoisotopic (exact) mass is 236 g/mol. The van der Waals surface area contributed by atoms with Gasteiger partial charge in [0.25, 0.3) is 0 Å². The lowest BCUT2D eigenvalue weighted by Crippen LogP contribution is -2.02. The molecule has 3 heteroatoms. The highest BCUT2D eigenvalue weighted by atomic mass is 16.3. The zero-order valence-electron chi connectivity index (χ0n) is 10.7. The van der Waals surface area contributed by atoms with E-state index in [9.17, 15) is 15.0 Å². The number of aryl methyl sites for hydroxylation is 1. The van der Waals surface area contributed by atoms with Gasteiger partial charge in [0.2, 0.25) is 0 Å². The van der Waals surface area contributed by atoms with Crippen molar-refractivity contribution in [1.82, 2.24) is 0 Å². The van der Waals surface area contributed by atoms with Crippen molar-refractivity contribution in [2.45, 2.75) is 46.5 Å². The van der Waals surface area contributed by atoms with Crippen molar-refractivity contribution in [1.29, 1.82) is 0 Å². The zero-order chi connectivity index (χ0) is 13.0. The van der Waals surface area contributed by atoms with E-state index in [1.54, 1.807) is 13.0 Å². The van der Waals surface area contributed by atoms with Gasteiger partial charge in [-0.15, -0.1) is 0 Å². The summed E-state index contributed by atoms with van der Waals surface area (Å²) in [4.78, 5) is 11.9. The van der Waals surface area contributed by atoms with Gasteiger partial charge in [0.05, 0.1) is 5.56 Å². The molecule has 0 atom stereocenters. The van der Waals surface area contributed by atoms with Crippen LogP contribution in [0.2, 0.25) is 0 Å². The number of ketones is 1. The number of hydrogen-bond donors (Lipinski definition) is 2. The van der Waals surface area contributed by atoms with Gasteiger partial charge in [-0.25, -0.2) is 0 Å². The number of carbonyl (C=O) groups excluding carboxylic acids is 1. The summed E-state index contributed by atoms with van der Waals surface area (Å²) in [5, 5.41) is 19.7. The number of aromatic hydroxyl groups is 2. The van der Waals surface area contributed by atoms with Crippen LogP contribution in [0.5, 0.6) is 11.5 Å². The molecular weight excluding hydrogens is 216 g/mol. The lowest BCUT2D eigenvalue weighted by Gasteiger charge is -2.12. The molecule has 0 saturated carbocycles. The van der Waals surface area contributed by atoms with Gasteiger partial charge >= 0.3 is 0 Å². The number of benzene rings is 1. The van der Waals surface area contributed by atoms with Crippen molar-refractivity contribution < 1.29 is 15.0 Å². The number of hydrogen-bond acceptors (Lipinski definition) is 3. The summed E-state index contributed by atoms with van der Waals surface area (Å²) in [6, 6.07) is 1.61. The first-order chi connectivity index (χ1) is 8.02. The van der Waals surface area contributed by atoms with Crippen LogP contribution in [0, 0.1) is 6.92 Å². The fourth-order valence-corrected chi connectivity index (χ4v) is 1.82. The molecule has 2 N–H and O–H groups in total. The number of phenols is 2. The summed E-state index contributed by atoms with van der Waals surface area (Å²) < 4.78 is 0. The molecule has 3 nitrogen and oxygen atoms in total. The Balaban J connectivity index is 3.15. The van der Waals surface area contributed by atoms with Crippen LogP contribution in [-0.2, 0) is 6.42 Å². The first-order valence-electron chi connectivity index (χ1n) is 6.10. The Hall–Kier alpha value is -1.51. The molecule has 0 fully saturated rings. The standard InChI is InChI=1S/C14H20O3/c1-4-6-7-12(15)11-8-10(5-2)13(16)9(3)14(11)17/h8,16-17H,4-7H2,1-3H3. The normalized spacial score (nSPS) is 10.5. The van der Waals surface area contributed by atoms with Gasteiger partial charge in [0, 0.05) is 12.0 Å².